The second kappa shape index (κ2) is 5.64. The van der Waals surface area contributed by atoms with E-state index in [-0.39, 0.29) is 35.8 Å². The van der Waals surface area contributed by atoms with Gasteiger partial charge in [0.25, 0.3) is 0 Å². The summed E-state index contributed by atoms with van der Waals surface area (Å²) in [4.78, 5) is 26.3. The van der Waals surface area contributed by atoms with E-state index in [1.54, 1.807) is 4.90 Å². The number of para-hydroxylation sites is 1. The van der Waals surface area contributed by atoms with Crippen LogP contribution < -0.4 is 10.2 Å². The highest BCUT2D eigenvalue weighted by molar-refractivity contribution is 6.02. The molecule has 3 rings (SSSR count). The molecule has 5 nitrogen and oxygen atoms in total. The molecule has 0 unspecified atom stereocenters. The van der Waals surface area contributed by atoms with E-state index in [2.05, 4.69) is 19.2 Å². The van der Waals surface area contributed by atoms with Crippen LogP contribution in [0.2, 0.25) is 0 Å². The van der Waals surface area contributed by atoms with Gasteiger partial charge in [-0.1, -0.05) is 32.0 Å². The van der Waals surface area contributed by atoms with Crippen LogP contribution >= 0.6 is 0 Å². The number of hydrogen-bond donors (Lipinski definition) is 2. The van der Waals surface area contributed by atoms with Crippen LogP contribution in [-0.2, 0) is 15.0 Å². The zero-order valence-electron chi connectivity index (χ0n) is 13.8. The molecule has 1 fully saturated rings. The number of hydrogen-bond acceptors (Lipinski definition) is 3. The Bertz CT molecular complexity index is 635. The number of anilines is 1. The maximum Gasteiger partial charge on any atom is 0.240 e. The van der Waals surface area contributed by atoms with Crippen molar-refractivity contribution in [3.8, 4) is 0 Å². The lowest BCUT2D eigenvalue weighted by Crippen LogP contribution is -2.47. The van der Waals surface area contributed by atoms with Crippen LogP contribution in [0.1, 0.15) is 38.7 Å². The van der Waals surface area contributed by atoms with Crippen LogP contribution in [0.25, 0.3) is 0 Å². The largest absolute Gasteiger partial charge is 0.396 e. The van der Waals surface area contributed by atoms with E-state index in [4.69, 9.17) is 0 Å². The first kappa shape index (κ1) is 16.0. The third kappa shape index (κ3) is 3.11. The quantitative estimate of drug-likeness (QED) is 0.867. The molecule has 0 aromatic heterocycles. The molecule has 1 aromatic rings. The summed E-state index contributed by atoms with van der Waals surface area (Å²) in [6.07, 6.45) is 2.30. The van der Waals surface area contributed by atoms with Crippen LogP contribution in [-0.4, -0.2) is 36.6 Å². The van der Waals surface area contributed by atoms with E-state index in [1.807, 2.05) is 24.3 Å². The van der Waals surface area contributed by atoms with Crippen molar-refractivity contribution in [2.24, 2.45) is 5.41 Å². The minimum Gasteiger partial charge on any atom is -0.396 e. The van der Waals surface area contributed by atoms with Crippen LogP contribution in [0.3, 0.4) is 0 Å². The molecule has 1 saturated carbocycles. The van der Waals surface area contributed by atoms with Crippen LogP contribution in [0, 0.1) is 5.41 Å². The van der Waals surface area contributed by atoms with Crippen LogP contribution in [0.5, 0.6) is 0 Å². The van der Waals surface area contributed by atoms with Gasteiger partial charge in [-0.15, -0.1) is 0 Å². The molecule has 0 spiro atoms. The number of nitrogens with zero attached hydrogens (tertiary/aromatic N) is 1. The van der Waals surface area contributed by atoms with Gasteiger partial charge < -0.3 is 15.3 Å². The third-order valence-corrected chi connectivity index (χ3v) is 5.07. The number of aliphatic hydroxyl groups excluding tert-OH is 1. The van der Waals surface area contributed by atoms with Gasteiger partial charge in [0, 0.05) is 29.5 Å². The summed E-state index contributed by atoms with van der Waals surface area (Å²) in [5.74, 6) is -0.195. The second-order valence-electron chi connectivity index (χ2n) is 7.49. The second-order valence-corrected chi connectivity index (χ2v) is 7.49. The molecule has 23 heavy (non-hydrogen) atoms. The van der Waals surface area contributed by atoms with Gasteiger partial charge in [-0.25, -0.2) is 0 Å². The van der Waals surface area contributed by atoms with Gasteiger partial charge in [0.2, 0.25) is 11.8 Å². The Labute approximate surface area is 136 Å². The van der Waals surface area contributed by atoms with Crippen molar-refractivity contribution in [1.82, 2.24) is 5.32 Å². The monoisotopic (exact) mass is 316 g/mol. The number of rotatable bonds is 5. The van der Waals surface area contributed by atoms with Gasteiger partial charge in [0.15, 0.2) is 0 Å². The summed E-state index contributed by atoms with van der Waals surface area (Å²) >= 11 is 0. The standard InChI is InChI=1S/C18H24N2O3/c1-17(2)9-16(23)20(14-6-4-3-5-13(14)17)10-15(22)19-11-18(12-21)7-8-18/h3-6,21H,7-12H2,1-2H3,(H,19,22). The average molecular weight is 316 g/mol. The van der Waals surface area contributed by atoms with E-state index in [0.29, 0.717) is 13.0 Å². The fourth-order valence-corrected chi connectivity index (χ4v) is 3.21. The first-order valence-corrected chi connectivity index (χ1v) is 8.14. The molecule has 2 aliphatic rings. The molecule has 0 saturated heterocycles. The molecule has 0 atom stereocenters. The zero-order chi connectivity index (χ0) is 16.7. The molecule has 1 aliphatic heterocycles. The minimum absolute atomic E-state index is 0.0212. The fraction of sp³-hybridized carbons (Fsp3) is 0.556. The number of carbonyl (C=O) groups excluding carboxylic acids is 2. The molecule has 1 aromatic carbocycles. The van der Waals surface area contributed by atoms with E-state index in [1.165, 1.54) is 0 Å². The smallest absolute Gasteiger partial charge is 0.240 e. The van der Waals surface area contributed by atoms with Crippen LogP contribution in [0.15, 0.2) is 24.3 Å². The van der Waals surface area contributed by atoms with Crippen molar-refractivity contribution in [2.75, 3.05) is 24.6 Å². The Hall–Kier alpha value is -1.88. The van der Waals surface area contributed by atoms with Crippen molar-refractivity contribution in [1.29, 1.82) is 0 Å². The first-order chi connectivity index (χ1) is 10.9. The Morgan fingerprint density at radius 1 is 1.30 bits per heavy atom. The number of benzene rings is 1. The van der Waals surface area contributed by atoms with Gasteiger partial charge in [-0.2, -0.15) is 0 Å². The summed E-state index contributed by atoms with van der Waals surface area (Å²) in [6, 6.07) is 7.78. The van der Waals surface area contributed by atoms with E-state index in [9.17, 15) is 14.7 Å². The van der Waals surface area contributed by atoms with E-state index >= 15 is 0 Å². The minimum atomic E-state index is -0.213. The molecular weight excluding hydrogens is 292 g/mol. The third-order valence-electron chi connectivity index (χ3n) is 5.07. The molecule has 2 N–H and O–H groups in total. The summed E-state index contributed by atoms with van der Waals surface area (Å²) in [6.45, 7) is 4.73. The molecule has 1 aliphatic carbocycles. The van der Waals surface area contributed by atoms with Crippen molar-refractivity contribution in [2.45, 2.75) is 38.5 Å². The number of carbonyl (C=O) groups is 2. The number of fused-ring (bicyclic) bond motifs is 1. The number of amides is 2. The molecular formula is C18H24N2O3. The van der Waals surface area contributed by atoms with Gasteiger partial charge in [-0.3, -0.25) is 9.59 Å². The number of aliphatic hydroxyl groups is 1. The molecule has 5 heteroatoms. The predicted molar refractivity (Wildman–Crippen MR) is 88.2 cm³/mol. The van der Waals surface area contributed by atoms with Crippen molar-refractivity contribution in [3.05, 3.63) is 29.8 Å². The maximum absolute atomic E-state index is 12.5. The Morgan fingerprint density at radius 3 is 2.65 bits per heavy atom. The molecule has 124 valence electrons. The van der Waals surface area contributed by atoms with E-state index < -0.39 is 0 Å². The summed E-state index contributed by atoms with van der Waals surface area (Å²) in [5.41, 5.74) is 1.59. The zero-order valence-corrected chi connectivity index (χ0v) is 13.8. The van der Waals surface area contributed by atoms with Gasteiger partial charge in [0.05, 0.1) is 6.61 Å². The average Bonchev–Trinajstić information content (AvgIpc) is 3.30. The Morgan fingerprint density at radius 2 is 2.00 bits per heavy atom. The van der Waals surface area contributed by atoms with Crippen molar-refractivity contribution in [3.63, 3.8) is 0 Å². The number of nitrogens with one attached hydrogen (secondary N) is 1. The van der Waals surface area contributed by atoms with Gasteiger partial charge >= 0.3 is 0 Å². The highest BCUT2D eigenvalue weighted by atomic mass is 16.3. The molecule has 0 bridgehead atoms. The van der Waals surface area contributed by atoms with Crippen molar-refractivity contribution >= 4 is 17.5 Å². The predicted octanol–water partition coefficient (Wildman–Crippen LogP) is 1.59. The normalized spacial score (nSPS) is 20.8. The highest BCUT2D eigenvalue weighted by Crippen LogP contribution is 2.44. The highest BCUT2D eigenvalue weighted by Gasteiger charge is 2.42. The Kier molecular flexibility index (Phi) is 3.92. The molecule has 1 heterocycles. The topological polar surface area (TPSA) is 69.6 Å². The lowest BCUT2D eigenvalue weighted by molar-refractivity contribution is -0.124. The lowest BCUT2D eigenvalue weighted by atomic mass is 9.77. The molecule has 0 radical (unpaired) electrons. The Balaban J connectivity index is 1.72. The molecule has 2 amide bonds. The summed E-state index contributed by atoms with van der Waals surface area (Å²) in [7, 11) is 0. The summed E-state index contributed by atoms with van der Waals surface area (Å²) in [5, 5.41) is 12.2. The summed E-state index contributed by atoms with van der Waals surface area (Å²) < 4.78 is 0. The van der Waals surface area contributed by atoms with Gasteiger partial charge in [-0.05, 0) is 24.5 Å². The fourth-order valence-electron chi connectivity index (χ4n) is 3.21. The SMILES string of the molecule is CC1(C)CC(=O)N(CC(=O)NCC2(CO)CC2)c2ccccc21. The van der Waals surface area contributed by atoms with Crippen molar-refractivity contribution < 1.29 is 14.7 Å². The maximum atomic E-state index is 12.5. The van der Waals surface area contributed by atoms with Crippen LogP contribution in [0.4, 0.5) is 5.69 Å². The van der Waals surface area contributed by atoms with E-state index in [0.717, 1.165) is 24.1 Å². The van der Waals surface area contributed by atoms with Gasteiger partial charge in [0.1, 0.15) is 6.54 Å². The lowest BCUT2D eigenvalue weighted by Gasteiger charge is -2.38. The first-order valence-electron chi connectivity index (χ1n) is 8.14.